The molecule has 0 spiro atoms. The van der Waals surface area contributed by atoms with Crippen molar-refractivity contribution in [3.8, 4) is 11.3 Å². The summed E-state index contributed by atoms with van der Waals surface area (Å²) in [6, 6.07) is 8.66. The molecule has 3 rings (SSSR count). The van der Waals surface area contributed by atoms with Gasteiger partial charge in [0.15, 0.2) is 5.11 Å². The minimum Gasteiger partial charge on any atom is -0.481 e. The van der Waals surface area contributed by atoms with E-state index >= 15 is 0 Å². The largest absolute Gasteiger partial charge is 0.481 e. The molecular formula is C16H12Cl2N2O4S. The average Bonchev–Trinajstić information content (AvgIpc) is 3.06. The summed E-state index contributed by atoms with van der Waals surface area (Å²) in [5.41, 5.74) is 1.06. The van der Waals surface area contributed by atoms with E-state index in [1.807, 2.05) is 0 Å². The number of hydrogen-bond acceptors (Lipinski definition) is 4. The quantitative estimate of drug-likeness (QED) is 0.527. The predicted octanol–water partition coefficient (Wildman–Crippen LogP) is 3.69. The number of rotatable bonds is 2. The van der Waals surface area contributed by atoms with Gasteiger partial charge in [-0.15, -0.1) is 0 Å². The Hall–Kier alpha value is -2.35. The number of aliphatic carboxylic acids is 1. The Morgan fingerprint density at radius 3 is 2.48 bits per heavy atom. The van der Waals surface area contributed by atoms with E-state index in [0.717, 1.165) is 12.5 Å². The second-order valence-electron chi connectivity index (χ2n) is 4.81. The Balaban J connectivity index is 0.000000511. The van der Waals surface area contributed by atoms with Crippen LogP contribution in [0.2, 0.25) is 10.0 Å². The molecule has 0 unspecified atom stereocenters. The van der Waals surface area contributed by atoms with Gasteiger partial charge in [-0.3, -0.25) is 14.9 Å². The Labute approximate surface area is 158 Å². The Kier molecular flexibility index (Phi) is 6.19. The molecule has 2 aromatic rings. The Bertz CT molecular complexity index is 873. The van der Waals surface area contributed by atoms with Crippen LogP contribution >= 0.6 is 35.4 Å². The molecular weight excluding hydrogens is 387 g/mol. The lowest BCUT2D eigenvalue weighted by molar-refractivity contribution is -0.134. The SMILES string of the molecule is CC(=O)O.O=C1NC(=S)N/C1=C/c1ccc(-c2ccc(Cl)cc2Cl)o1. The smallest absolute Gasteiger partial charge is 0.300 e. The number of carboxylic acid groups (broad SMARTS) is 1. The van der Waals surface area contributed by atoms with Crippen molar-refractivity contribution in [1.29, 1.82) is 0 Å². The molecule has 3 N–H and O–H groups in total. The standard InChI is InChI=1S/C14H8Cl2N2O2S.C2H4O2/c15-7-1-3-9(10(16)5-7)12-4-2-8(20-12)6-11-13(19)18-14(21)17-11;1-2(3)4/h1-6H,(H2,17,18,19,21);1H3,(H,3,4)/b11-6+;. The first-order valence-corrected chi connectivity index (χ1v) is 8.01. The summed E-state index contributed by atoms with van der Waals surface area (Å²) in [4.78, 5) is 20.6. The number of hydrogen-bond donors (Lipinski definition) is 3. The number of nitrogens with one attached hydrogen (secondary N) is 2. The number of thiocarbonyl (C=S) groups is 1. The van der Waals surface area contributed by atoms with Crippen molar-refractivity contribution in [1.82, 2.24) is 10.6 Å². The van der Waals surface area contributed by atoms with E-state index in [1.54, 1.807) is 36.4 Å². The first-order chi connectivity index (χ1) is 11.8. The van der Waals surface area contributed by atoms with Gasteiger partial charge in [0.1, 0.15) is 17.2 Å². The number of halogens is 2. The fourth-order valence-electron chi connectivity index (χ4n) is 1.89. The van der Waals surface area contributed by atoms with Gasteiger partial charge in [0.05, 0.1) is 5.02 Å². The zero-order valence-electron chi connectivity index (χ0n) is 12.8. The molecule has 1 saturated heterocycles. The van der Waals surface area contributed by atoms with Crippen molar-refractivity contribution in [2.24, 2.45) is 0 Å². The number of furan rings is 1. The molecule has 130 valence electrons. The summed E-state index contributed by atoms with van der Waals surface area (Å²) in [6.07, 6.45) is 1.57. The molecule has 6 nitrogen and oxygen atoms in total. The average molecular weight is 399 g/mol. The molecule has 0 saturated carbocycles. The van der Waals surface area contributed by atoms with Gasteiger partial charge in [0.2, 0.25) is 0 Å². The van der Waals surface area contributed by atoms with Crippen molar-refractivity contribution in [3.63, 3.8) is 0 Å². The minimum atomic E-state index is -0.833. The normalized spacial score (nSPS) is 14.6. The van der Waals surface area contributed by atoms with Gasteiger partial charge in [-0.05, 0) is 42.5 Å². The molecule has 2 heterocycles. The lowest BCUT2D eigenvalue weighted by Gasteiger charge is -2.01. The summed E-state index contributed by atoms with van der Waals surface area (Å²) in [5.74, 6) is -0.0228. The third-order valence-electron chi connectivity index (χ3n) is 2.83. The topological polar surface area (TPSA) is 91.6 Å². The van der Waals surface area contributed by atoms with E-state index in [2.05, 4.69) is 10.6 Å². The van der Waals surface area contributed by atoms with Crippen LogP contribution in [0, 0.1) is 0 Å². The van der Waals surface area contributed by atoms with E-state index in [0.29, 0.717) is 27.3 Å². The van der Waals surface area contributed by atoms with Crippen LogP contribution in [-0.2, 0) is 9.59 Å². The number of carbonyl (C=O) groups excluding carboxylic acids is 1. The number of carboxylic acids is 1. The summed E-state index contributed by atoms with van der Waals surface area (Å²) < 4.78 is 5.67. The van der Waals surface area contributed by atoms with E-state index in [-0.39, 0.29) is 11.0 Å². The first-order valence-electron chi connectivity index (χ1n) is 6.85. The first kappa shape index (κ1) is 19.0. The second kappa shape index (κ2) is 8.15. The van der Waals surface area contributed by atoms with Crippen LogP contribution in [0.1, 0.15) is 12.7 Å². The second-order valence-corrected chi connectivity index (χ2v) is 6.06. The highest BCUT2D eigenvalue weighted by molar-refractivity contribution is 7.80. The highest BCUT2D eigenvalue weighted by atomic mass is 35.5. The monoisotopic (exact) mass is 398 g/mol. The van der Waals surface area contributed by atoms with Crippen LogP contribution in [-0.4, -0.2) is 22.1 Å². The molecule has 1 fully saturated rings. The zero-order valence-corrected chi connectivity index (χ0v) is 15.1. The van der Waals surface area contributed by atoms with Gasteiger partial charge in [-0.1, -0.05) is 23.2 Å². The maximum absolute atomic E-state index is 11.6. The molecule has 1 aliphatic rings. The Morgan fingerprint density at radius 1 is 1.24 bits per heavy atom. The molecule has 0 radical (unpaired) electrons. The van der Waals surface area contributed by atoms with Crippen LogP contribution in [0.15, 0.2) is 40.4 Å². The van der Waals surface area contributed by atoms with Crippen molar-refractivity contribution >= 4 is 58.5 Å². The van der Waals surface area contributed by atoms with E-state index in [1.165, 1.54) is 0 Å². The molecule has 25 heavy (non-hydrogen) atoms. The highest BCUT2D eigenvalue weighted by Crippen LogP contribution is 2.31. The van der Waals surface area contributed by atoms with Crippen molar-refractivity contribution in [2.75, 3.05) is 0 Å². The summed E-state index contributed by atoms with van der Waals surface area (Å²) in [5, 5.41) is 14.0. The molecule has 1 amide bonds. The molecule has 1 aromatic carbocycles. The predicted molar refractivity (Wildman–Crippen MR) is 99.3 cm³/mol. The maximum Gasteiger partial charge on any atom is 0.300 e. The zero-order chi connectivity index (χ0) is 18.6. The summed E-state index contributed by atoms with van der Waals surface area (Å²) >= 11 is 16.9. The van der Waals surface area contributed by atoms with Crippen LogP contribution in [0.4, 0.5) is 0 Å². The van der Waals surface area contributed by atoms with Crippen LogP contribution < -0.4 is 10.6 Å². The highest BCUT2D eigenvalue weighted by Gasteiger charge is 2.20. The molecule has 9 heteroatoms. The van der Waals surface area contributed by atoms with Crippen LogP contribution in [0.3, 0.4) is 0 Å². The van der Waals surface area contributed by atoms with E-state index in [9.17, 15) is 4.79 Å². The molecule has 0 atom stereocenters. The number of amides is 1. The van der Waals surface area contributed by atoms with Crippen molar-refractivity contribution in [2.45, 2.75) is 6.92 Å². The van der Waals surface area contributed by atoms with E-state index < -0.39 is 5.97 Å². The molecule has 0 bridgehead atoms. The minimum absolute atomic E-state index is 0.277. The van der Waals surface area contributed by atoms with Crippen molar-refractivity contribution in [3.05, 3.63) is 51.8 Å². The summed E-state index contributed by atoms with van der Waals surface area (Å²) in [6.45, 7) is 1.08. The van der Waals surface area contributed by atoms with Gasteiger partial charge in [0, 0.05) is 23.6 Å². The van der Waals surface area contributed by atoms with Gasteiger partial charge in [-0.25, -0.2) is 0 Å². The lowest BCUT2D eigenvalue weighted by Crippen LogP contribution is -2.21. The molecule has 1 aliphatic heterocycles. The maximum atomic E-state index is 11.6. The Morgan fingerprint density at radius 2 is 1.92 bits per heavy atom. The fourth-order valence-corrected chi connectivity index (χ4v) is 2.59. The summed E-state index contributed by atoms with van der Waals surface area (Å²) in [7, 11) is 0. The van der Waals surface area contributed by atoms with E-state index in [4.69, 9.17) is 49.7 Å². The van der Waals surface area contributed by atoms with Crippen LogP contribution in [0.5, 0.6) is 0 Å². The third-order valence-corrected chi connectivity index (χ3v) is 3.58. The lowest BCUT2D eigenvalue weighted by atomic mass is 10.2. The third kappa shape index (κ3) is 5.32. The van der Waals surface area contributed by atoms with Crippen molar-refractivity contribution < 1.29 is 19.1 Å². The molecule has 1 aromatic heterocycles. The van der Waals surface area contributed by atoms with Gasteiger partial charge < -0.3 is 14.8 Å². The van der Waals surface area contributed by atoms with Gasteiger partial charge >= 0.3 is 0 Å². The van der Waals surface area contributed by atoms with Gasteiger partial charge in [0.25, 0.3) is 11.9 Å². The number of benzene rings is 1. The van der Waals surface area contributed by atoms with Gasteiger partial charge in [-0.2, -0.15) is 0 Å². The number of carbonyl (C=O) groups is 2. The van der Waals surface area contributed by atoms with Crippen LogP contribution in [0.25, 0.3) is 17.4 Å². The fraction of sp³-hybridized carbons (Fsp3) is 0.0625. The molecule has 0 aliphatic carbocycles.